The topological polar surface area (TPSA) is 70.9 Å². The summed E-state index contributed by atoms with van der Waals surface area (Å²) in [4.78, 5) is 9.77. The number of anilines is 8. The van der Waals surface area contributed by atoms with Crippen LogP contribution in [-0.4, -0.2) is 8.42 Å². The summed E-state index contributed by atoms with van der Waals surface area (Å²) in [5.74, 6) is 0. The van der Waals surface area contributed by atoms with Crippen molar-refractivity contribution in [2.45, 2.75) is 62.2 Å². The molecule has 0 aliphatic carbocycles. The van der Waals surface area contributed by atoms with E-state index in [9.17, 15) is 13.7 Å². The Balaban J connectivity index is 1.30. The van der Waals surface area contributed by atoms with E-state index in [2.05, 4.69) is 134 Å². The molecular weight excluding hydrogens is 747 g/mol. The molecule has 0 fully saturated rings. The molecule has 10 rings (SSSR count). The molecule has 290 valence electrons. The second kappa shape index (κ2) is 12.3. The van der Waals surface area contributed by atoms with Crippen molar-refractivity contribution in [3.63, 3.8) is 0 Å². The zero-order valence-corrected chi connectivity index (χ0v) is 34.8. The highest BCUT2D eigenvalue weighted by atomic mass is 32.2. The van der Waals surface area contributed by atoms with Crippen molar-refractivity contribution in [3.8, 4) is 6.07 Å². The van der Waals surface area contributed by atoms with Gasteiger partial charge in [-0.05, 0) is 121 Å². The quantitative estimate of drug-likeness (QED) is 0.170. The first-order chi connectivity index (χ1) is 28.3. The molecule has 0 radical (unpaired) electrons. The van der Waals surface area contributed by atoms with Crippen LogP contribution in [0.1, 0.15) is 63.8 Å². The molecule has 0 amide bonds. The van der Waals surface area contributed by atoms with Crippen molar-refractivity contribution in [3.05, 3.63) is 191 Å². The molecule has 59 heavy (non-hydrogen) atoms. The third-order valence-corrected chi connectivity index (χ3v) is 14.6. The van der Waals surface area contributed by atoms with E-state index in [1.807, 2.05) is 31.2 Å². The lowest BCUT2D eigenvalue weighted by Crippen LogP contribution is -2.47. The summed E-state index contributed by atoms with van der Waals surface area (Å²) >= 11 is 0. The molecule has 0 atom stereocenters. The molecule has 5 aromatic carbocycles. The van der Waals surface area contributed by atoms with E-state index in [0.29, 0.717) is 5.56 Å². The molecular formula is C51H43N5O2S. The molecule has 0 aromatic heterocycles. The van der Waals surface area contributed by atoms with Crippen molar-refractivity contribution < 1.29 is 8.42 Å². The van der Waals surface area contributed by atoms with Gasteiger partial charge in [0.15, 0.2) is 0 Å². The smallest absolute Gasteiger partial charge is 0.206 e. The van der Waals surface area contributed by atoms with Gasteiger partial charge in [-0.25, -0.2) is 8.42 Å². The summed E-state index contributed by atoms with van der Waals surface area (Å²) in [6.07, 6.45) is 10.5. The fourth-order valence-electron chi connectivity index (χ4n) is 10.0. The molecule has 5 aromatic rings. The summed E-state index contributed by atoms with van der Waals surface area (Å²) in [5.41, 5.74) is 16.6. The fraction of sp³-hybridized carbons (Fsp3) is 0.157. The average Bonchev–Trinajstić information content (AvgIpc) is 3.23. The Bertz CT molecular complexity index is 3030. The maximum absolute atomic E-state index is 13.9. The van der Waals surface area contributed by atoms with Gasteiger partial charge in [0.2, 0.25) is 9.84 Å². The zero-order chi connectivity index (χ0) is 41.3. The lowest BCUT2D eigenvalue weighted by atomic mass is 9.66. The third kappa shape index (κ3) is 4.59. The van der Waals surface area contributed by atoms with Gasteiger partial charge in [-0.2, -0.15) is 5.26 Å². The van der Waals surface area contributed by atoms with Gasteiger partial charge >= 0.3 is 0 Å². The largest absolute Gasteiger partial charge is 0.306 e. The Kier molecular flexibility index (Phi) is 7.64. The zero-order valence-electron chi connectivity index (χ0n) is 34.0. The standard InChI is InChI=1S/C51H43N5O2S/c1-9-15-36-40(11-3)53-31(4)45-42(16-10-2)54(33-23-27-35(28-24-33)59(57,58)34-25-21-32(30-52)22-26-34)43-19-14-20-44-48(43)56(45)49-46(53)38(50(36,5)6)29-39-47(49)55(44)41-18-13-12-17-37(41)51(39,7)8/h9-29H,3-4H2,1-2,5-8H3/b15-9-,16-10-. The number of para-hydroxylation sites is 2. The van der Waals surface area contributed by atoms with Crippen LogP contribution in [0.25, 0.3) is 0 Å². The molecule has 5 aliphatic rings. The van der Waals surface area contributed by atoms with Crippen LogP contribution in [-0.2, 0) is 20.7 Å². The lowest BCUT2D eigenvalue weighted by molar-refractivity contribution is 0.596. The number of nitriles is 1. The van der Waals surface area contributed by atoms with Crippen molar-refractivity contribution in [2.24, 2.45) is 0 Å². The first-order valence-electron chi connectivity index (χ1n) is 19.9. The maximum atomic E-state index is 13.9. The van der Waals surface area contributed by atoms with Gasteiger partial charge in [-0.3, -0.25) is 4.90 Å². The van der Waals surface area contributed by atoms with E-state index in [-0.39, 0.29) is 20.6 Å². The van der Waals surface area contributed by atoms with Crippen LogP contribution in [0.5, 0.6) is 0 Å². The summed E-state index contributed by atoms with van der Waals surface area (Å²) in [7, 11) is -3.85. The van der Waals surface area contributed by atoms with Crippen LogP contribution in [0.3, 0.4) is 0 Å². The van der Waals surface area contributed by atoms with Gasteiger partial charge in [0, 0.05) is 22.2 Å². The first kappa shape index (κ1) is 36.5. The summed E-state index contributed by atoms with van der Waals surface area (Å²) < 4.78 is 27.7. The Labute approximate surface area is 346 Å². The molecule has 0 saturated heterocycles. The fourth-order valence-corrected chi connectivity index (χ4v) is 11.3. The molecule has 8 heteroatoms. The summed E-state index contributed by atoms with van der Waals surface area (Å²) in [6, 6.07) is 32.9. The predicted molar refractivity (Wildman–Crippen MR) is 239 cm³/mol. The van der Waals surface area contributed by atoms with Crippen molar-refractivity contribution in [1.82, 2.24) is 0 Å². The minimum atomic E-state index is -3.85. The van der Waals surface area contributed by atoms with E-state index in [1.165, 1.54) is 41.0 Å². The van der Waals surface area contributed by atoms with E-state index in [1.54, 1.807) is 12.1 Å². The Morgan fingerprint density at radius 2 is 1.22 bits per heavy atom. The normalized spacial score (nSPS) is 17.7. The predicted octanol–water partition coefficient (Wildman–Crippen LogP) is 12.5. The minimum Gasteiger partial charge on any atom is -0.306 e. The number of rotatable bonds is 6. The van der Waals surface area contributed by atoms with Crippen LogP contribution < -0.4 is 19.6 Å². The SMILES string of the molecule is C=CC1=C(/C=C\C)C(C)(C)c2cc3c4c5c2N1C(=C)C1=C(/C=C\C)N(c2ccc(S(=O)(=O)c6ccc(C#N)cc6)cc2)c2cccc(c2N15)N4c1ccccc1C3(C)C. The highest BCUT2D eigenvalue weighted by molar-refractivity contribution is 7.91. The number of benzene rings is 5. The molecule has 0 spiro atoms. The molecule has 0 unspecified atom stereocenters. The second-order valence-electron chi connectivity index (χ2n) is 16.6. The Hall–Kier alpha value is -6.82. The molecule has 5 aliphatic heterocycles. The van der Waals surface area contributed by atoms with Gasteiger partial charge < -0.3 is 14.7 Å². The van der Waals surface area contributed by atoms with Gasteiger partial charge in [0.1, 0.15) is 0 Å². The maximum Gasteiger partial charge on any atom is 0.206 e. The molecule has 0 saturated carbocycles. The second-order valence-corrected chi connectivity index (χ2v) is 18.5. The number of nitrogens with zero attached hydrogens (tertiary/aromatic N) is 5. The molecule has 0 N–H and O–H groups in total. The van der Waals surface area contributed by atoms with Crippen LogP contribution in [0.4, 0.5) is 45.5 Å². The minimum absolute atomic E-state index is 0.136. The van der Waals surface area contributed by atoms with Crippen LogP contribution in [0.2, 0.25) is 0 Å². The monoisotopic (exact) mass is 789 g/mol. The van der Waals surface area contributed by atoms with Crippen LogP contribution >= 0.6 is 0 Å². The van der Waals surface area contributed by atoms with E-state index < -0.39 is 9.84 Å². The van der Waals surface area contributed by atoms with Gasteiger partial charge in [0.05, 0.1) is 78.3 Å². The van der Waals surface area contributed by atoms with Crippen molar-refractivity contribution in [1.29, 1.82) is 5.26 Å². The van der Waals surface area contributed by atoms with Crippen molar-refractivity contribution >= 4 is 55.3 Å². The average molecular weight is 790 g/mol. The highest BCUT2D eigenvalue weighted by Gasteiger charge is 2.54. The highest BCUT2D eigenvalue weighted by Crippen LogP contribution is 2.71. The lowest BCUT2D eigenvalue weighted by Gasteiger charge is -2.58. The number of sulfone groups is 1. The van der Waals surface area contributed by atoms with E-state index >= 15 is 0 Å². The number of hydrogen-bond donors (Lipinski definition) is 0. The van der Waals surface area contributed by atoms with Crippen molar-refractivity contribution in [2.75, 3.05) is 19.6 Å². The molecule has 7 nitrogen and oxygen atoms in total. The third-order valence-electron chi connectivity index (χ3n) is 12.8. The number of fused-ring (bicyclic) bond motifs is 3. The summed E-state index contributed by atoms with van der Waals surface area (Å²) in [6.45, 7) is 22.7. The van der Waals surface area contributed by atoms with Gasteiger partial charge in [0.25, 0.3) is 0 Å². The first-order valence-corrected chi connectivity index (χ1v) is 21.4. The van der Waals surface area contributed by atoms with E-state index in [4.69, 9.17) is 6.58 Å². The van der Waals surface area contributed by atoms with Gasteiger partial charge in [-0.15, -0.1) is 0 Å². The molecule has 0 bridgehead atoms. The van der Waals surface area contributed by atoms with E-state index in [0.717, 1.165) is 73.9 Å². The van der Waals surface area contributed by atoms with Gasteiger partial charge in [-0.1, -0.05) is 83.3 Å². The Morgan fingerprint density at radius 3 is 1.86 bits per heavy atom. The van der Waals surface area contributed by atoms with Crippen LogP contribution in [0.15, 0.2) is 179 Å². The molecule has 5 heterocycles. The number of hydrogen-bond acceptors (Lipinski definition) is 7. The van der Waals surface area contributed by atoms with Crippen LogP contribution in [0, 0.1) is 11.3 Å². The summed E-state index contributed by atoms with van der Waals surface area (Å²) in [5, 5.41) is 9.28. The number of allylic oxidation sites excluding steroid dienone is 6. The Morgan fingerprint density at radius 1 is 0.627 bits per heavy atom.